The summed E-state index contributed by atoms with van der Waals surface area (Å²) in [6.07, 6.45) is 0. The lowest BCUT2D eigenvalue weighted by Gasteiger charge is -2.42. The number of aliphatic hydroxyl groups is 1. The number of methoxy groups -OCH3 is 2. The Kier molecular flexibility index (Phi) is 9.31. The molecule has 3 rings (SSSR count). The van der Waals surface area contributed by atoms with Gasteiger partial charge in [-0.1, -0.05) is 69.3 Å². The highest BCUT2D eigenvalue weighted by atomic mass is 32.2. The molecule has 0 bridgehead atoms. The van der Waals surface area contributed by atoms with Crippen LogP contribution in [0.1, 0.15) is 56.9 Å². The minimum absolute atomic E-state index is 0.0320. The maximum absolute atomic E-state index is 13.4. The van der Waals surface area contributed by atoms with Crippen LogP contribution >= 0.6 is 0 Å². The fourth-order valence-corrected chi connectivity index (χ4v) is 8.53. The van der Waals surface area contributed by atoms with Gasteiger partial charge in [-0.3, -0.25) is 0 Å². The summed E-state index contributed by atoms with van der Waals surface area (Å²) >= 11 is 0. The second-order valence-electron chi connectivity index (χ2n) is 12.5. The molecular weight excluding hydrogens is 540 g/mol. The van der Waals surface area contributed by atoms with Crippen molar-refractivity contribution < 1.29 is 27.4 Å². The Labute approximate surface area is 241 Å². The molecule has 0 saturated heterocycles. The molecule has 1 N–H and O–H groups in total. The zero-order valence-corrected chi connectivity index (χ0v) is 27.1. The molecule has 0 fully saturated rings. The number of benzene rings is 3. The van der Waals surface area contributed by atoms with E-state index in [0.717, 1.165) is 0 Å². The van der Waals surface area contributed by atoms with Crippen LogP contribution in [0.15, 0.2) is 72.8 Å². The largest absolute Gasteiger partial charge is 0.497 e. The number of ether oxygens (including phenoxy) is 2. The van der Waals surface area contributed by atoms with E-state index >= 15 is 0 Å². The van der Waals surface area contributed by atoms with Crippen LogP contribution in [0.25, 0.3) is 0 Å². The highest BCUT2D eigenvalue weighted by Gasteiger charge is 2.43. The Balaban J connectivity index is 1.98. The predicted octanol–water partition coefficient (Wildman–Crippen LogP) is 6.70. The van der Waals surface area contributed by atoms with Crippen molar-refractivity contribution in [2.24, 2.45) is 0 Å². The first-order valence-corrected chi connectivity index (χ1v) is 18.2. The van der Waals surface area contributed by atoms with E-state index in [2.05, 4.69) is 33.9 Å². The monoisotopic (exact) mass is 584 g/mol. The Hall–Kier alpha value is -2.65. The standard InChI is InChI=1S/C32H44O6SSi/c1-30(2,3)40(8,9)38-31(4,5)23-39(34,35)22-24-11-10-12-27(21-24)32(33,25-13-17-28(36-6)18-14-25)26-15-19-29(37-7)20-16-26/h10-21,33H,22-23H2,1-9H3. The molecule has 218 valence electrons. The molecule has 6 nitrogen and oxygen atoms in total. The van der Waals surface area contributed by atoms with Crippen molar-refractivity contribution in [3.63, 3.8) is 0 Å². The summed E-state index contributed by atoms with van der Waals surface area (Å²) in [6.45, 7) is 14.4. The van der Waals surface area contributed by atoms with Gasteiger partial charge in [-0.05, 0) is 78.5 Å². The normalized spacial score (nSPS) is 13.2. The summed E-state index contributed by atoms with van der Waals surface area (Å²) in [5.74, 6) is 1.08. The number of sulfone groups is 1. The third-order valence-electron chi connectivity index (χ3n) is 7.65. The second-order valence-corrected chi connectivity index (χ2v) is 19.3. The SMILES string of the molecule is COc1ccc(C(O)(c2ccc(OC)cc2)c2cccc(CS(=O)(=O)CC(C)(C)O[Si](C)(C)C(C)(C)C)c2)cc1. The molecule has 3 aromatic rings. The summed E-state index contributed by atoms with van der Waals surface area (Å²) in [5.41, 5.74) is 0.0493. The van der Waals surface area contributed by atoms with Gasteiger partial charge in [0.25, 0.3) is 0 Å². The van der Waals surface area contributed by atoms with Crippen LogP contribution in [0.4, 0.5) is 0 Å². The van der Waals surface area contributed by atoms with Crippen LogP contribution in [0.5, 0.6) is 11.5 Å². The van der Waals surface area contributed by atoms with E-state index in [1.54, 1.807) is 56.7 Å². The molecule has 0 amide bonds. The van der Waals surface area contributed by atoms with E-state index < -0.39 is 29.4 Å². The van der Waals surface area contributed by atoms with E-state index in [1.165, 1.54) is 0 Å². The molecule has 0 aromatic heterocycles. The summed E-state index contributed by atoms with van der Waals surface area (Å²) in [6, 6.07) is 21.6. The highest BCUT2D eigenvalue weighted by Crippen LogP contribution is 2.40. The van der Waals surface area contributed by atoms with Gasteiger partial charge in [0.15, 0.2) is 18.2 Å². The average molecular weight is 585 g/mol. The van der Waals surface area contributed by atoms with E-state index in [0.29, 0.717) is 33.8 Å². The van der Waals surface area contributed by atoms with Gasteiger partial charge in [0, 0.05) is 0 Å². The minimum Gasteiger partial charge on any atom is -0.497 e. The Morgan fingerprint density at radius 1 is 0.750 bits per heavy atom. The molecule has 3 aromatic carbocycles. The first-order chi connectivity index (χ1) is 18.4. The van der Waals surface area contributed by atoms with Crippen LogP contribution in [0, 0.1) is 0 Å². The smallest absolute Gasteiger partial charge is 0.192 e. The number of hydrogen-bond donors (Lipinski definition) is 1. The van der Waals surface area contributed by atoms with Gasteiger partial charge in [0.1, 0.15) is 17.1 Å². The first-order valence-electron chi connectivity index (χ1n) is 13.4. The lowest BCUT2D eigenvalue weighted by molar-refractivity contribution is 0.115. The third-order valence-corrected chi connectivity index (χ3v) is 14.2. The average Bonchev–Trinajstić information content (AvgIpc) is 2.86. The van der Waals surface area contributed by atoms with Crippen molar-refractivity contribution in [2.75, 3.05) is 20.0 Å². The van der Waals surface area contributed by atoms with Crippen molar-refractivity contribution >= 4 is 18.2 Å². The van der Waals surface area contributed by atoms with Gasteiger partial charge in [-0.2, -0.15) is 0 Å². The van der Waals surface area contributed by atoms with Crippen molar-refractivity contribution in [3.8, 4) is 11.5 Å². The van der Waals surface area contributed by atoms with Gasteiger partial charge >= 0.3 is 0 Å². The second kappa shape index (κ2) is 11.7. The Bertz CT molecular complexity index is 1340. The third kappa shape index (κ3) is 7.35. The molecule has 0 aliphatic carbocycles. The van der Waals surface area contributed by atoms with Gasteiger partial charge in [0.2, 0.25) is 0 Å². The van der Waals surface area contributed by atoms with E-state index in [9.17, 15) is 13.5 Å². The fourth-order valence-electron chi connectivity index (χ4n) is 4.76. The molecule has 0 radical (unpaired) electrons. The van der Waals surface area contributed by atoms with Gasteiger partial charge in [0.05, 0.1) is 31.3 Å². The Morgan fingerprint density at radius 2 is 1.23 bits per heavy atom. The lowest BCUT2D eigenvalue weighted by Crippen LogP contribution is -2.50. The number of hydrogen-bond acceptors (Lipinski definition) is 6. The molecule has 0 atom stereocenters. The number of rotatable bonds is 11. The zero-order chi connectivity index (χ0) is 30.0. The van der Waals surface area contributed by atoms with E-state index in [-0.39, 0.29) is 16.5 Å². The maximum Gasteiger partial charge on any atom is 0.192 e. The van der Waals surface area contributed by atoms with Crippen LogP contribution in [-0.4, -0.2) is 47.4 Å². The topological polar surface area (TPSA) is 82.1 Å². The summed E-state index contributed by atoms with van der Waals surface area (Å²) in [5, 5.41) is 12.3. The fraction of sp³-hybridized carbons (Fsp3) is 0.438. The quantitative estimate of drug-likeness (QED) is 0.199. The lowest BCUT2D eigenvalue weighted by atomic mass is 9.80. The summed E-state index contributed by atoms with van der Waals surface area (Å²) < 4.78 is 44.0. The molecule has 0 heterocycles. The Morgan fingerprint density at radius 3 is 1.65 bits per heavy atom. The molecule has 0 spiro atoms. The molecule has 0 aliphatic heterocycles. The van der Waals surface area contributed by atoms with Crippen LogP contribution in [0.3, 0.4) is 0 Å². The van der Waals surface area contributed by atoms with E-state index in [4.69, 9.17) is 13.9 Å². The van der Waals surface area contributed by atoms with Crippen molar-refractivity contribution in [1.82, 2.24) is 0 Å². The molecule has 0 saturated carbocycles. The van der Waals surface area contributed by atoms with Crippen molar-refractivity contribution in [1.29, 1.82) is 0 Å². The molecule has 0 unspecified atom stereocenters. The minimum atomic E-state index is -3.54. The van der Waals surface area contributed by atoms with Gasteiger partial charge in [-0.15, -0.1) is 0 Å². The van der Waals surface area contributed by atoms with Crippen molar-refractivity contribution in [3.05, 3.63) is 95.1 Å². The predicted molar refractivity (Wildman–Crippen MR) is 164 cm³/mol. The maximum atomic E-state index is 13.4. The van der Waals surface area contributed by atoms with E-state index in [1.807, 2.05) is 44.2 Å². The van der Waals surface area contributed by atoms with Crippen LogP contribution in [-0.2, 0) is 25.6 Å². The molecular formula is C32H44O6SSi. The first kappa shape index (κ1) is 31.9. The van der Waals surface area contributed by atoms with Crippen LogP contribution < -0.4 is 9.47 Å². The molecule has 40 heavy (non-hydrogen) atoms. The zero-order valence-electron chi connectivity index (χ0n) is 25.2. The van der Waals surface area contributed by atoms with Gasteiger partial charge in [-0.25, -0.2) is 8.42 Å². The molecule has 8 heteroatoms. The highest BCUT2D eigenvalue weighted by molar-refractivity contribution is 7.90. The van der Waals surface area contributed by atoms with Crippen molar-refractivity contribution in [2.45, 2.75) is 69.7 Å². The summed E-state index contributed by atoms with van der Waals surface area (Å²) in [7, 11) is -2.53. The molecule has 0 aliphatic rings. The summed E-state index contributed by atoms with van der Waals surface area (Å²) in [4.78, 5) is 0. The van der Waals surface area contributed by atoms with Gasteiger partial charge < -0.3 is 19.0 Å². The van der Waals surface area contributed by atoms with Crippen LogP contribution in [0.2, 0.25) is 18.1 Å².